The molecule has 0 aliphatic heterocycles. The Hall–Kier alpha value is -1.78. The lowest BCUT2D eigenvalue weighted by Gasteiger charge is -2.04. The Morgan fingerprint density at radius 2 is 1.90 bits per heavy atom. The van der Waals surface area contributed by atoms with Crippen molar-refractivity contribution in [3.63, 3.8) is 0 Å². The van der Waals surface area contributed by atoms with Crippen molar-refractivity contribution in [3.05, 3.63) is 69.6 Å². The molecule has 0 aliphatic rings. The zero-order chi connectivity index (χ0) is 13.9. The second-order valence-electron chi connectivity index (χ2n) is 4.33. The smallest absolute Gasteiger partial charge is 0.267 e. The molecule has 3 aromatic rings. The number of aromatic amines is 1. The number of thioether (sulfide) groups is 1. The molecule has 3 nitrogen and oxygen atoms in total. The van der Waals surface area contributed by atoms with Gasteiger partial charge in [-0.15, -0.1) is 11.8 Å². The van der Waals surface area contributed by atoms with Gasteiger partial charge in [-0.1, -0.05) is 41.9 Å². The topological polar surface area (TPSA) is 45.8 Å². The first kappa shape index (κ1) is 13.2. The van der Waals surface area contributed by atoms with Gasteiger partial charge in [-0.05, 0) is 23.8 Å². The third-order valence-corrected chi connectivity index (χ3v) is 4.31. The first-order chi connectivity index (χ1) is 9.74. The molecule has 2 aromatic carbocycles. The average Bonchev–Trinajstić information content (AvgIpc) is 2.50. The highest BCUT2D eigenvalue weighted by Gasteiger charge is 2.06. The van der Waals surface area contributed by atoms with Crippen LogP contribution in [0, 0.1) is 0 Å². The van der Waals surface area contributed by atoms with E-state index in [0.29, 0.717) is 15.9 Å². The molecule has 20 heavy (non-hydrogen) atoms. The van der Waals surface area contributed by atoms with Crippen molar-refractivity contribution in [2.24, 2.45) is 0 Å². The van der Waals surface area contributed by atoms with Crippen LogP contribution in [-0.2, 0) is 5.75 Å². The normalized spacial score (nSPS) is 10.8. The molecule has 0 saturated heterocycles. The Morgan fingerprint density at radius 3 is 2.70 bits per heavy atom. The first-order valence-corrected chi connectivity index (χ1v) is 7.45. The summed E-state index contributed by atoms with van der Waals surface area (Å²) >= 11 is 7.73. The molecule has 1 heterocycles. The third-order valence-electron chi connectivity index (χ3n) is 2.96. The van der Waals surface area contributed by atoms with Crippen molar-refractivity contribution in [1.82, 2.24) is 10.2 Å². The number of aromatic nitrogens is 2. The minimum absolute atomic E-state index is 0.219. The van der Waals surface area contributed by atoms with Gasteiger partial charge >= 0.3 is 0 Å². The maximum atomic E-state index is 11.6. The Labute approximate surface area is 125 Å². The molecule has 0 atom stereocenters. The monoisotopic (exact) mass is 302 g/mol. The maximum absolute atomic E-state index is 11.6. The van der Waals surface area contributed by atoms with Gasteiger partial charge in [-0.2, -0.15) is 5.10 Å². The molecular weight excluding hydrogens is 292 g/mol. The summed E-state index contributed by atoms with van der Waals surface area (Å²) in [6.07, 6.45) is 0. The SMILES string of the molecule is O=c1[nH]nc(Cl)c2cc(SCc3ccccc3)ccc12. The Balaban J connectivity index is 1.90. The van der Waals surface area contributed by atoms with Gasteiger partial charge in [-0.3, -0.25) is 4.79 Å². The van der Waals surface area contributed by atoms with E-state index >= 15 is 0 Å². The van der Waals surface area contributed by atoms with Gasteiger partial charge in [0.15, 0.2) is 5.15 Å². The summed E-state index contributed by atoms with van der Waals surface area (Å²) in [5.74, 6) is 0.876. The van der Waals surface area contributed by atoms with Crippen molar-refractivity contribution >= 4 is 34.1 Å². The van der Waals surface area contributed by atoms with E-state index in [4.69, 9.17) is 11.6 Å². The van der Waals surface area contributed by atoms with Gasteiger partial charge in [0, 0.05) is 16.0 Å². The maximum Gasteiger partial charge on any atom is 0.272 e. The molecule has 0 bridgehead atoms. The standard InChI is InChI=1S/C15H11ClN2OS/c16-14-13-8-11(6-7-12(13)15(19)18-17-14)20-9-10-4-2-1-3-5-10/h1-8H,9H2,(H,18,19). The number of hydrogen-bond donors (Lipinski definition) is 1. The number of rotatable bonds is 3. The first-order valence-electron chi connectivity index (χ1n) is 6.09. The molecule has 5 heteroatoms. The molecule has 3 rings (SSSR count). The molecule has 0 spiro atoms. The van der Waals surface area contributed by atoms with Gasteiger partial charge in [0.05, 0.1) is 5.39 Å². The lowest BCUT2D eigenvalue weighted by molar-refractivity contribution is 1.01. The molecule has 1 N–H and O–H groups in total. The fourth-order valence-corrected chi connectivity index (χ4v) is 3.03. The van der Waals surface area contributed by atoms with Gasteiger partial charge in [0.2, 0.25) is 0 Å². The van der Waals surface area contributed by atoms with E-state index in [2.05, 4.69) is 22.3 Å². The number of benzene rings is 2. The quantitative estimate of drug-likeness (QED) is 0.747. The molecule has 100 valence electrons. The van der Waals surface area contributed by atoms with Crippen LogP contribution in [-0.4, -0.2) is 10.2 Å². The lowest BCUT2D eigenvalue weighted by Crippen LogP contribution is -2.08. The molecule has 0 unspecified atom stereocenters. The highest BCUT2D eigenvalue weighted by molar-refractivity contribution is 7.98. The van der Waals surface area contributed by atoms with Crippen molar-refractivity contribution in [3.8, 4) is 0 Å². The van der Waals surface area contributed by atoms with Crippen LogP contribution in [0.1, 0.15) is 5.56 Å². The van der Waals surface area contributed by atoms with Crippen LogP contribution >= 0.6 is 23.4 Å². The van der Waals surface area contributed by atoms with Crippen LogP contribution < -0.4 is 5.56 Å². The summed E-state index contributed by atoms with van der Waals surface area (Å²) in [4.78, 5) is 12.7. The van der Waals surface area contributed by atoms with Gasteiger partial charge in [-0.25, -0.2) is 5.10 Å². The van der Waals surface area contributed by atoms with Gasteiger partial charge in [0.25, 0.3) is 5.56 Å². The van der Waals surface area contributed by atoms with Crippen LogP contribution in [0.15, 0.2) is 58.2 Å². The number of hydrogen-bond acceptors (Lipinski definition) is 3. The minimum atomic E-state index is -0.219. The van der Waals surface area contributed by atoms with E-state index < -0.39 is 0 Å². The summed E-state index contributed by atoms with van der Waals surface area (Å²) < 4.78 is 0. The molecular formula is C15H11ClN2OS. The molecule has 1 aromatic heterocycles. The number of nitrogens with zero attached hydrogens (tertiary/aromatic N) is 1. The average molecular weight is 303 g/mol. The van der Waals surface area contributed by atoms with E-state index in [1.54, 1.807) is 17.8 Å². The van der Waals surface area contributed by atoms with E-state index in [1.807, 2.05) is 30.3 Å². The lowest BCUT2D eigenvalue weighted by atomic mass is 10.2. The summed E-state index contributed by atoms with van der Waals surface area (Å²) in [5.41, 5.74) is 1.04. The predicted octanol–water partition coefficient (Wildman–Crippen LogP) is 3.87. The van der Waals surface area contributed by atoms with Crippen LogP contribution in [0.5, 0.6) is 0 Å². The third kappa shape index (κ3) is 2.71. The van der Waals surface area contributed by atoms with Crippen molar-refractivity contribution < 1.29 is 0 Å². The van der Waals surface area contributed by atoms with Gasteiger partial charge < -0.3 is 0 Å². The number of fused-ring (bicyclic) bond motifs is 1. The number of halogens is 1. The summed E-state index contributed by atoms with van der Waals surface area (Å²) in [6, 6.07) is 15.9. The molecule has 0 saturated carbocycles. The van der Waals surface area contributed by atoms with E-state index in [1.165, 1.54) is 5.56 Å². The van der Waals surface area contributed by atoms with E-state index in [0.717, 1.165) is 10.6 Å². The fourth-order valence-electron chi connectivity index (χ4n) is 1.94. The second-order valence-corrected chi connectivity index (χ2v) is 5.73. The van der Waals surface area contributed by atoms with Crippen molar-refractivity contribution in [2.45, 2.75) is 10.6 Å². The fraction of sp³-hybridized carbons (Fsp3) is 0.0667. The summed E-state index contributed by atoms with van der Waals surface area (Å²) in [7, 11) is 0. The molecule has 0 aliphatic carbocycles. The Kier molecular flexibility index (Phi) is 3.76. The van der Waals surface area contributed by atoms with Crippen LogP contribution in [0.25, 0.3) is 10.8 Å². The number of nitrogens with one attached hydrogen (secondary N) is 1. The number of H-pyrrole nitrogens is 1. The van der Waals surface area contributed by atoms with Crippen LogP contribution in [0.4, 0.5) is 0 Å². The summed E-state index contributed by atoms with van der Waals surface area (Å²) in [6.45, 7) is 0. The van der Waals surface area contributed by atoms with Crippen molar-refractivity contribution in [2.75, 3.05) is 0 Å². The molecule has 0 fully saturated rings. The zero-order valence-electron chi connectivity index (χ0n) is 10.5. The molecule has 0 amide bonds. The second kappa shape index (κ2) is 5.69. The Bertz CT molecular complexity index is 802. The Morgan fingerprint density at radius 1 is 1.10 bits per heavy atom. The van der Waals surface area contributed by atoms with Gasteiger partial charge in [0.1, 0.15) is 0 Å². The van der Waals surface area contributed by atoms with E-state index in [-0.39, 0.29) is 5.56 Å². The highest BCUT2D eigenvalue weighted by atomic mass is 35.5. The largest absolute Gasteiger partial charge is 0.272 e. The zero-order valence-corrected chi connectivity index (χ0v) is 12.0. The summed E-state index contributed by atoms with van der Waals surface area (Å²) in [5, 5.41) is 7.73. The van der Waals surface area contributed by atoms with Crippen molar-refractivity contribution in [1.29, 1.82) is 0 Å². The van der Waals surface area contributed by atoms with Crippen LogP contribution in [0.3, 0.4) is 0 Å². The minimum Gasteiger partial charge on any atom is -0.267 e. The molecule has 0 radical (unpaired) electrons. The van der Waals surface area contributed by atoms with Crippen LogP contribution in [0.2, 0.25) is 5.15 Å². The van der Waals surface area contributed by atoms with E-state index in [9.17, 15) is 4.79 Å². The highest BCUT2D eigenvalue weighted by Crippen LogP contribution is 2.27. The predicted molar refractivity (Wildman–Crippen MR) is 83.4 cm³/mol.